The van der Waals surface area contributed by atoms with Gasteiger partial charge in [-0.15, -0.1) is 11.3 Å². The van der Waals surface area contributed by atoms with Gasteiger partial charge in [0.05, 0.1) is 17.1 Å². The molecule has 0 spiro atoms. The first-order chi connectivity index (χ1) is 11.2. The summed E-state index contributed by atoms with van der Waals surface area (Å²) in [6.45, 7) is 0.736. The molecule has 0 unspecified atom stereocenters. The highest BCUT2D eigenvalue weighted by Crippen LogP contribution is 2.33. The maximum Gasteiger partial charge on any atom is 0.276 e. The van der Waals surface area contributed by atoms with E-state index in [1.54, 1.807) is 22.1 Å². The monoisotopic (exact) mass is 328 g/mol. The average molecular weight is 328 g/mol. The number of likely N-dealkylation sites (tertiary alicyclic amines) is 1. The van der Waals surface area contributed by atoms with Crippen LogP contribution in [0.2, 0.25) is 0 Å². The molecular weight excluding hydrogens is 312 g/mol. The Balaban J connectivity index is 1.58. The molecule has 6 nitrogen and oxygen atoms in total. The highest BCUT2D eigenvalue weighted by molar-refractivity contribution is 7.13. The smallest absolute Gasteiger partial charge is 0.276 e. The summed E-state index contributed by atoms with van der Waals surface area (Å²) in [5.74, 6) is 0.559. The van der Waals surface area contributed by atoms with Gasteiger partial charge in [-0.2, -0.15) is 5.10 Å². The van der Waals surface area contributed by atoms with Gasteiger partial charge in [0, 0.05) is 31.4 Å². The largest absolute Gasteiger partial charge is 0.355 e. The summed E-state index contributed by atoms with van der Waals surface area (Å²) < 4.78 is 7.10. The van der Waals surface area contributed by atoms with E-state index in [4.69, 9.17) is 4.52 Å². The van der Waals surface area contributed by atoms with Gasteiger partial charge in [0.1, 0.15) is 0 Å². The van der Waals surface area contributed by atoms with Crippen LogP contribution in [0.25, 0.3) is 10.6 Å². The molecule has 118 valence electrons. The molecule has 1 aliphatic rings. The minimum Gasteiger partial charge on any atom is -0.355 e. The fraction of sp³-hybridized carbons (Fsp3) is 0.312. The molecular formula is C16H16N4O2S. The number of carbonyl (C=O) groups excluding carboxylic acids is 1. The van der Waals surface area contributed by atoms with E-state index in [9.17, 15) is 4.79 Å². The number of hydrogen-bond donors (Lipinski definition) is 0. The van der Waals surface area contributed by atoms with Gasteiger partial charge in [-0.05, 0) is 24.3 Å². The third-order valence-corrected chi connectivity index (χ3v) is 5.00. The molecule has 3 aromatic rings. The Kier molecular flexibility index (Phi) is 3.49. The first-order valence-corrected chi connectivity index (χ1v) is 8.40. The highest BCUT2D eigenvalue weighted by atomic mass is 32.1. The van der Waals surface area contributed by atoms with Crippen molar-refractivity contribution in [1.29, 1.82) is 0 Å². The van der Waals surface area contributed by atoms with Crippen LogP contribution in [0.5, 0.6) is 0 Å². The molecule has 1 atom stereocenters. The zero-order valence-corrected chi connectivity index (χ0v) is 13.5. The molecule has 3 aromatic heterocycles. The lowest BCUT2D eigenvalue weighted by molar-refractivity contribution is 0.0725. The van der Waals surface area contributed by atoms with Gasteiger partial charge in [0.25, 0.3) is 5.91 Å². The molecule has 0 N–H and O–H groups in total. The van der Waals surface area contributed by atoms with Crippen LogP contribution in [0.1, 0.15) is 34.9 Å². The van der Waals surface area contributed by atoms with Crippen molar-refractivity contribution in [3.63, 3.8) is 0 Å². The van der Waals surface area contributed by atoms with Gasteiger partial charge < -0.3 is 9.42 Å². The zero-order valence-electron chi connectivity index (χ0n) is 12.7. The van der Waals surface area contributed by atoms with E-state index in [1.165, 1.54) is 0 Å². The van der Waals surface area contributed by atoms with Crippen LogP contribution < -0.4 is 0 Å². The van der Waals surface area contributed by atoms with E-state index in [1.807, 2.05) is 41.9 Å². The Morgan fingerprint density at radius 3 is 3.13 bits per heavy atom. The quantitative estimate of drug-likeness (QED) is 0.741. The molecule has 0 bridgehead atoms. The molecule has 23 heavy (non-hydrogen) atoms. The van der Waals surface area contributed by atoms with Gasteiger partial charge in [-0.25, -0.2) is 0 Å². The van der Waals surface area contributed by atoms with Crippen LogP contribution in [-0.4, -0.2) is 32.3 Å². The van der Waals surface area contributed by atoms with Crippen LogP contribution >= 0.6 is 11.3 Å². The first kappa shape index (κ1) is 14.2. The number of aromatic nitrogens is 3. The molecule has 0 aromatic carbocycles. The Hall–Kier alpha value is -2.41. The number of nitrogens with zero attached hydrogens (tertiary/aromatic N) is 4. The minimum absolute atomic E-state index is 0.0677. The van der Waals surface area contributed by atoms with Crippen molar-refractivity contribution in [2.75, 3.05) is 6.54 Å². The Bertz CT molecular complexity index is 821. The van der Waals surface area contributed by atoms with Crippen molar-refractivity contribution in [2.45, 2.75) is 18.9 Å². The van der Waals surface area contributed by atoms with Crippen molar-refractivity contribution < 1.29 is 9.32 Å². The lowest BCUT2D eigenvalue weighted by Gasteiger charge is -2.22. The van der Waals surface area contributed by atoms with E-state index in [0.717, 1.165) is 29.8 Å². The molecule has 0 aliphatic carbocycles. The molecule has 1 amide bonds. The number of thiophene rings is 1. The molecule has 1 fully saturated rings. The van der Waals surface area contributed by atoms with Crippen LogP contribution in [-0.2, 0) is 7.05 Å². The fourth-order valence-electron chi connectivity index (χ4n) is 3.03. The van der Waals surface area contributed by atoms with Crippen molar-refractivity contribution in [3.8, 4) is 10.6 Å². The van der Waals surface area contributed by atoms with E-state index < -0.39 is 0 Å². The maximum atomic E-state index is 12.8. The summed E-state index contributed by atoms with van der Waals surface area (Å²) in [6.07, 6.45) is 5.74. The topological polar surface area (TPSA) is 64.2 Å². The third kappa shape index (κ3) is 2.57. The van der Waals surface area contributed by atoms with E-state index in [0.29, 0.717) is 11.5 Å². The van der Waals surface area contributed by atoms with Crippen molar-refractivity contribution in [2.24, 2.45) is 7.05 Å². The van der Waals surface area contributed by atoms with Crippen LogP contribution in [0.3, 0.4) is 0 Å². The van der Waals surface area contributed by atoms with E-state index in [-0.39, 0.29) is 11.9 Å². The second kappa shape index (κ2) is 5.66. The first-order valence-electron chi connectivity index (χ1n) is 7.52. The SMILES string of the molecule is Cn1cc([C@@H]2CCCN2C(=O)c2cc(-c3cccs3)on2)cn1. The molecule has 4 heterocycles. The number of carbonyl (C=O) groups is 1. The van der Waals surface area contributed by atoms with Gasteiger partial charge >= 0.3 is 0 Å². The highest BCUT2D eigenvalue weighted by Gasteiger charge is 2.32. The molecule has 7 heteroatoms. The van der Waals surface area contributed by atoms with E-state index in [2.05, 4.69) is 10.3 Å². The summed E-state index contributed by atoms with van der Waals surface area (Å²) in [7, 11) is 1.88. The second-order valence-electron chi connectivity index (χ2n) is 5.66. The molecule has 1 saturated heterocycles. The van der Waals surface area contributed by atoms with Gasteiger partial charge in [0.15, 0.2) is 11.5 Å². The van der Waals surface area contributed by atoms with Crippen LogP contribution in [0.15, 0.2) is 40.5 Å². The lowest BCUT2D eigenvalue weighted by atomic mass is 10.1. The van der Waals surface area contributed by atoms with Gasteiger partial charge in [0.2, 0.25) is 0 Å². The molecule has 0 radical (unpaired) electrons. The summed E-state index contributed by atoms with van der Waals surface area (Å²) >= 11 is 1.56. The number of rotatable bonds is 3. The Morgan fingerprint density at radius 2 is 2.39 bits per heavy atom. The normalized spacial score (nSPS) is 17.8. The Labute approximate surface area is 137 Å². The summed E-state index contributed by atoms with van der Waals surface area (Å²) in [4.78, 5) is 15.6. The summed E-state index contributed by atoms with van der Waals surface area (Å²) in [5, 5.41) is 10.2. The molecule has 1 aliphatic heterocycles. The Morgan fingerprint density at radius 1 is 1.48 bits per heavy atom. The standard InChI is InChI=1S/C16H16N4O2S/c1-19-10-11(9-17-19)13-4-2-6-20(13)16(21)12-8-14(22-18-12)15-5-3-7-23-15/h3,5,7-10,13H,2,4,6H2,1H3/t13-/m0/s1. The van der Waals surface area contributed by atoms with Crippen molar-refractivity contribution >= 4 is 17.2 Å². The third-order valence-electron chi connectivity index (χ3n) is 4.12. The number of amides is 1. The van der Waals surface area contributed by atoms with Gasteiger partial charge in [-0.1, -0.05) is 11.2 Å². The number of aryl methyl sites for hydroxylation is 1. The summed E-state index contributed by atoms with van der Waals surface area (Å²) in [6, 6.07) is 5.70. The molecule has 0 saturated carbocycles. The fourth-order valence-corrected chi connectivity index (χ4v) is 3.70. The van der Waals surface area contributed by atoms with Crippen molar-refractivity contribution in [3.05, 3.63) is 47.2 Å². The van der Waals surface area contributed by atoms with E-state index >= 15 is 0 Å². The zero-order chi connectivity index (χ0) is 15.8. The average Bonchev–Trinajstić information content (AvgIpc) is 3.31. The predicted octanol–water partition coefficient (Wildman–Crippen LogP) is 3.11. The second-order valence-corrected chi connectivity index (χ2v) is 6.61. The van der Waals surface area contributed by atoms with Crippen molar-refractivity contribution in [1.82, 2.24) is 19.8 Å². The predicted molar refractivity (Wildman–Crippen MR) is 86.0 cm³/mol. The maximum absolute atomic E-state index is 12.8. The van der Waals surface area contributed by atoms with Gasteiger partial charge in [-0.3, -0.25) is 9.48 Å². The van der Waals surface area contributed by atoms with Crippen LogP contribution in [0, 0.1) is 0 Å². The van der Waals surface area contributed by atoms with Crippen LogP contribution in [0.4, 0.5) is 0 Å². The summed E-state index contributed by atoms with van der Waals surface area (Å²) in [5.41, 5.74) is 1.43. The minimum atomic E-state index is -0.0806. The molecule has 4 rings (SSSR count). The lowest BCUT2D eigenvalue weighted by Crippen LogP contribution is -2.30. The number of hydrogen-bond acceptors (Lipinski definition) is 5.